The van der Waals surface area contributed by atoms with Crippen LogP contribution in [-0.2, 0) is 14.3 Å². The second-order valence-corrected chi connectivity index (χ2v) is 4.58. The summed E-state index contributed by atoms with van der Waals surface area (Å²) in [5, 5.41) is 0. The summed E-state index contributed by atoms with van der Waals surface area (Å²) in [7, 11) is 2.70. The van der Waals surface area contributed by atoms with Crippen molar-refractivity contribution < 1.29 is 28.5 Å². The van der Waals surface area contributed by atoms with E-state index in [1.54, 1.807) is 18.2 Å². The summed E-state index contributed by atoms with van der Waals surface area (Å²) in [6.07, 6.45) is -0.513. The summed E-state index contributed by atoms with van der Waals surface area (Å²) in [6, 6.07) is 4.91. The lowest BCUT2D eigenvalue weighted by atomic mass is 10.1. The maximum atomic E-state index is 12.1. The van der Waals surface area contributed by atoms with E-state index in [4.69, 9.17) is 18.9 Å². The zero-order chi connectivity index (χ0) is 15.2. The van der Waals surface area contributed by atoms with Crippen LogP contribution in [0.25, 0.3) is 0 Å². The average molecular weight is 294 g/mol. The minimum absolute atomic E-state index is 0.286. The van der Waals surface area contributed by atoms with Gasteiger partial charge < -0.3 is 18.9 Å². The van der Waals surface area contributed by atoms with Crippen molar-refractivity contribution in [1.29, 1.82) is 0 Å². The largest absolute Gasteiger partial charge is 0.490 e. The minimum atomic E-state index is -1.02. The Morgan fingerprint density at radius 1 is 1.14 bits per heavy atom. The highest BCUT2D eigenvalue weighted by Crippen LogP contribution is 2.30. The van der Waals surface area contributed by atoms with Gasteiger partial charge in [-0.05, 0) is 18.2 Å². The molecule has 0 atom stereocenters. The second-order valence-electron chi connectivity index (χ2n) is 4.58. The molecule has 0 fully saturated rings. The molecular weight excluding hydrogens is 276 g/mol. The summed E-state index contributed by atoms with van der Waals surface area (Å²) in [4.78, 5) is 23.9. The molecule has 6 heteroatoms. The molecule has 114 valence electrons. The van der Waals surface area contributed by atoms with E-state index in [0.29, 0.717) is 30.3 Å². The van der Waals surface area contributed by atoms with E-state index in [2.05, 4.69) is 0 Å². The van der Waals surface area contributed by atoms with E-state index in [1.807, 2.05) is 0 Å². The number of carbonyl (C=O) groups is 2. The number of benzene rings is 1. The Morgan fingerprint density at radius 3 is 2.48 bits per heavy atom. The van der Waals surface area contributed by atoms with E-state index in [-0.39, 0.29) is 12.2 Å². The standard InChI is InChI=1S/C15H18O6/c1-18-15(19-2)12(17)9-11(16)10-4-5-13-14(8-10)21-7-3-6-20-13/h4-5,8,15H,3,6-7,9H2,1-2H3. The van der Waals surface area contributed by atoms with Gasteiger partial charge in [-0.3, -0.25) is 9.59 Å². The first-order chi connectivity index (χ1) is 10.2. The zero-order valence-electron chi connectivity index (χ0n) is 12.1. The van der Waals surface area contributed by atoms with Gasteiger partial charge in [-0.25, -0.2) is 0 Å². The van der Waals surface area contributed by atoms with Gasteiger partial charge in [0.15, 0.2) is 23.1 Å². The predicted molar refractivity (Wildman–Crippen MR) is 73.8 cm³/mol. The summed E-state index contributed by atoms with van der Waals surface area (Å²) >= 11 is 0. The van der Waals surface area contributed by atoms with E-state index >= 15 is 0 Å². The molecule has 0 aromatic heterocycles. The fourth-order valence-electron chi connectivity index (χ4n) is 2.04. The molecule has 1 aliphatic rings. The number of carbonyl (C=O) groups excluding carboxylic acids is 2. The summed E-state index contributed by atoms with van der Waals surface area (Å²) in [5.41, 5.74) is 0.401. The molecule has 0 radical (unpaired) electrons. The Balaban J connectivity index is 2.09. The molecule has 0 spiro atoms. The number of fused-ring (bicyclic) bond motifs is 1. The van der Waals surface area contributed by atoms with Crippen molar-refractivity contribution in [2.75, 3.05) is 27.4 Å². The maximum Gasteiger partial charge on any atom is 0.217 e. The van der Waals surface area contributed by atoms with Gasteiger partial charge in [-0.15, -0.1) is 0 Å². The highest BCUT2D eigenvalue weighted by molar-refractivity contribution is 6.09. The lowest BCUT2D eigenvalue weighted by molar-refractivity contribution is -0.155. The molecule has 1 aromatic rings. The SMILES string of the molecule is COC(OC)C(=O)CC(=O)c1ccc2c(c1)OCCCO2. The van der Waals surface area contributed by atoms with Gasteiger partial charge in [-0.1, -0.05) is 0 Å². The average Bonchev–Trinajstić information content (AvgIpc) is 2.72. The third-order valence-corrected chi connectivity index (χ3v) is 3.10. The van der Waals surface area contributed by atoms with Crippen LogP contribution >= 0.6 is 0 Å². The number of methoxy groups -OCH3 is 2. The van der Waals surface area contributed by atoms with Crippen molar-refractivity contribution in [2.24, 2.45) is 0 Å². The van der Waals surface area contributed by atoms with Gasteiger partial charge in [0.25, 0.3) is 0 Å². The number of rotatable bonds is 6. The fourth-order valence-corrected chi connectivity index (χ4v) is 2.04. The van der Waals surface area contributed by atoms with Crippen LogP contribution < -0.4 is 9.47 Å². The monoisotopic (exact) mass is 294 g/mol. The van der Waals surface area contributed by atoms with E-state index in [9.17, 15) is 9.59 Å². The van der Waals surface area contributed by atoms with Crippen LogP contribution in [0.2, 0.25) is 0 Å². The van der Waals surface area contributed by atoms with Gasteiger partial charge in [0.1, 0.15) is 0 Å². The molecule has 2 rings (SSSR count). The summed E-state index contributed by atoms with van der Waals surface area (Å²) in [6.45, 7) is 1.13. The molecule has 0 saturated heterocycles. The first kappa shape index (κ1) is 15.5. The van der Waals surface area contributed by atoms with Crippen LogP contribution in [0.15, 0.2) is 18.2 Å². The van der Waals surface area contributed by atoms with Crippen LogP contribution in [-0.4, -0.2) is 45.3 Å². The first-order valence-electron chi connectivity index (χ1n) is 6.67. The molecule has 1 aliphatic heterocycles. The molecule has 0 aliphatic carbocycles. The molecular formula is C15H18O6. The van der Waals surface area contributed by atoms with Crippen LogP contribution in [0, 0.1) is 0 Å². The zero-order valence-corrected chi connectivity index (χ0v) is 12.1. The maximum absolute atomic E-state index is 12.1. The number of Topliss-reactive ketones (excluding diaryl/α,β-unsaturated/α-hetero) is 2. The van der Waals surface area contributed by atoms with E-state index < -0.39 is 12.1 Å². The number of ether oxygens (including phenoxy) is 4. The minimum Gasteiger partial charge on any atom is -0.490 e. The van der Waals surface area contributed by atoms with Gasteiger partial charge in [0.2, 0.25) is 6.29 Å². The third kappa shape index (κ3) is 3.80. The van der Waals surface area contributed by atoms with Crippen LogP contribution in [0.5, 0.6) is 11.5 Å². The second kappa shape index (κ2) is 7.19. The summed E-state index contributed by atoms with van der Waals surface area (Å²) < 4.78 is 20.7. The van der Waals surface area contributed by atoms with Crippen molar-refractivity contribution in [1.82, 2.24) is 0 Å². The molecule has 0 saturated carbocycles. The highest BCUT2D eigenvalue weighted by atomic mass is 16.7. The van der Waals surface area contributed by atoms with Gasteiger partial charge in [0, 0.05) is 26.2 Å². The molecule has 21 heavy (non-hydrogen) atoms. The molecule has 0 amide bonds. The fraction of sp³-hybridized carbons (Fsp3) is 0.467. The Hall–Kier alpha value is -1.92. The first-order valence-corrected chi connectivity index (χ1v) is 6.67. The molecule has 0 unspecified atom stereocenters. The van der Waals surface area contributed by atoms with Crippen molar-refractivity contribution in [3.8, 4) is 11.5 Å². The van der Waals surface area contributed by atoms with Gasteiger partial charge in [0.05, 0.1) is 19.6 Å². The Kier molecular flexibility index (Phi) is 5.30. The smallest absolute Gasteiger partial charge is 0.217 e. The van der Waals surface area contributed by atoms with Crippen molar-refractivity contribution in [3.05, 3.63) is 23.8 Å². The molecule has 1 aromatic carbocycles. The third-order valence-electron chi connectivity index (χ3n) is 3.10. The number of hydrogen-bond acceptors (Lipinski definition) is 6. The van der Waals surface area contributed by atoms with Gasteiger partial charge in [-0.2, -0.15) is 0 Å². The topological polar surface area (TPSA) is 71.1 Å². The quantitative estimate of drug-likeness (QED) is 0.451. The number of hydrogen-bond donors (Lipinski definition) is 0. The van der Waals surface area contributed by atoms with E-state index in [1.165, 1.54) is 14.2 Å². The molecule has 0 bridgehead atoms. The Morgan fingerprint density at radius 2 is 1.81 bits per heavy atom. The van der Waals surface area contributed by atoms with Crippen molar-refractivity contribution in [3.63, 3.8) is 0 Å². The van der Waals surface area contributed by atoms with Gasteiger partial charge >= 0.3 is 0 Å². The lowest BCUT2D eigenvalue weighted by Gasteiger charge is -2.12. The highest BCUT2D eigenvalue weighted by Gasteiger charge is 2.22. The van der Waals surface area contributed by atoms with Crippen molar-refractivity contribution >= 4 is 11.6 Å². The molecule has 1 heterocycles. The Bertz CT molecular complexity index is 521. The van der Waals surface area contributed by atoms with Crippen LogP contribution in [0.1, 0.15) is 23.2 Å². The number of ketones is 2. The van der Waals surface area contributed by atoms with Crippen LogP contribution in [0.4, 0.5) is 0 Å². The molecule has 0 N–H and O–H groups in total. The molecule has 6 nitrogen and oxygen atoms in total. The predicted octanol–water partition coefficient (Wildman–Crippen LogP) is 1.61. The normalized spacial score (nSPS) is 13.9. The Labute approximate surface area is 122 Å². The van der Waals surface area contributed by atoms with E-state index in [0.717, 1.165) is 6.42 Å². The van der Waals surface area contributed by atoms with Crippen LogP contribution in [0.3, 0.4) is 0 Å². The lowest BCUT2D eigenvalue weighted by Crippen LogP contribution is -2.27. The van der Waals surface area contributed by atoms with Crippen molar-refractivity contribution in [2.45, 2.75) is 19.1 Å². The summed E-state index contributed by atoms with van der Waals surface area (Å²) in [5.74, 6) is 0.412.